The van der Waals surface area contributed by atoms with Gasteiger partial charge in [-0.3, -0.25) is 14.5 Å². The van der Waals surface area contributed by atoms with Crippen molar-refractivity contribution in [3.63, 3.8) is 0 Å². The summed E-state index contributed by atoms with van der Waals surface area (Å²) in [5.74, 6) is -0.361. The van der Waals surface area contributed by atoms with Crippen molar-refractivity contribution < 1.29 is 28.7 Å². The molecule has 0 aliphatic carbocycles. The number of methoxy groups -OCH3 is 1. The van der Waals surface area contributed by atoms with E-state index in [1.165, 1.54) is 16.9 Å². The molecule has 0 bridgehead atoms. The van der Waals surface area contributed by atoms with Gasteiger partial charge in [0.05, 0.1) is 7.11 Å². The zero-order valence-electron chi connectivity index (χ0n) is 21.6. The Morgan fingerprint density at radius 1 is 1.22 bits per heavy atom. The summed E-state index contributed by atoms with van der Waals surface area (Å²) < 4.78 is 10.3. The maximum atomic E-state index is 13.5. The highest BCUT2D eigenvalue weighted by atomic mass is 32.2. The van der Waals surface area contributed by atoms with Gasteiger partial charge < -0.3 is 19.7 Å². The lowest BCUT2D eigenvalue weighted by molar-refractivity contribution is -0.147. The van der Waals surface area contributed by atoms with Crippen LogP contribution in [-0.4, -0.2) is 89.3 Å². The molecule has 0 unspecified atom stereocenters. The number of nitrogens with zero attached hydrogens (tertiary/aromatic N) is 2. The molecule has 1 heterocycles. The van der Waals surface area contributed by atoms with Crippen molar-refractivity contribution in [3.05, 3.63) is 35.4 Å². The van der Waals surface area contributed by atoms with Crippen molar-refractivity contribution in [2.45, 2.75) is 57.8 Å². The fourth-order valence-corrected chi connectivity index (χ4v) is 4.56. The van der Waals surface area contributed by atoms with Gasteiger partial charge >= 0.3 is 12.1 Å². The molecule has 2 rings (SSSR count). The Labute approximate surface area is 223 Å². The number of nitrogens with one attached hydrogen (secondary N) is 1. The lowest BCUT2D eigenvalue weighted by atomic mass is 9.93. The van der Waals surface area contributed by atoms with Crippen LogP contribution in [0.4, 0.5) is 4.79 Å². The molecule has 36 heavy (non-hydrogen) atoms. The number of hydrogen-bond donors (Lipinski definition) is 2. The summed E-state index contributed by atoms with van der Waals surface area (Å²) in [5.41, 5.74) is 1.17. The maximum Gasteiger partial charge on any atom is 0.410 e. The molecule has 1 N–H and O–H groups in total. The largest absolute Gasteiger partial charge is 0.467 e. The van der Waals surface area contributed by atoms with Gasteiger partial charge in [0, 0.05) is 25.3 Å². The van der Waals surface area contributed by atoms with Gasteiger partial charge in [-0.1, -0.05) is 24.3 Å². The number of fused-ring (bicyclic) bond motifs is 1. The predicted molar refractivity (Wildman–Crippen MR) is 143 cm³/mol. The van der Waals surface area contributed by atoms with Gasteiger partial charge in [-0.25, -0.2) is 9.59 Å². The molecule has 0 saturated heterocycles. The Morgan fingerprint density at radius 2 is 1.89 bits per heavy atom. The molecule has 0 fully saturated rings. The Morgan fingerprint density at radius 3 is 2.47 bits per heavy atom. The molecule has 1 aromatic rings. The van der Waals surface area contributed by atoms with E-state index in [-0.39, 0.29) is 19.6 Å². The number of ether oxygens (including phenoxy) is 2. The van der Waals surface area contributed by atoms with Crippen LogP contribution in [0.15, 0.2) is 24.3 Å². The minimum Gasteiger partial charge on any atom is -0.467 e. The average molecular weight is 540 g/mol. The smallest absolute Gasteiger partial charge is 0.410 e. The molecule has 1 aliphatic rings. The molecule has 0 aromatic heterocycles. The van der Waals surface area contributed by atoms with E-state index in [2.05, 4.69) is 17.9 Å². The van der Waals surface area contributed by atoms with Crippen molar-refractivity contribution in [3.8, 4) is 0 Å². The normalized spacial score (nSPS) is 15.9. The van der Waals surface area contributed by atoms with Gasteiger partial charge in [0.25, 0.3) is 0 Å². The lowest BCUT2D eigenvalue weighted by Gasteiger charge is -2.37. The van der Waals surface area contributed by atoms with E-state index >= 15 is 0 Å². The van der Waals surface area contributed by atoms with E-state index in [1.54, 1.807) is 32.5 Å². The summed E-state index contributed by atoms with van der Waals surface area (Å²) in [4.78, 5) is 54.6. The first-order chi connectivity index (χ1) is 17.0. The average Bonchev–Trinajstić information content (AvgIpc) is 2.83. The van der Waals surface area contributed by atoms with E-state index in [1.807, 2.05) is 30.5 Å². The zero-order chi connectivity index (χ0) is 26.9. The highest BCUT2D eigenvalue weighted by Crippen LogP contribution is 2.24. The number of carbonyl (C=O) groups excluding carboxylic acids is 4. The van der Waals surface area contributed by atoms with E-state index in [0.29, 0.717) is 24.3 Å². The molecule has 0 radical (unpaired) electrons. The number of thioether (sulfide) groups is 1. The van der Waals surface area contributed by atoms with Crippen LogP contribution in [0.5, 0.6) is 0 Å². The van der Waals surface area contributed by atoms with Crippen LogP contribution in [-0.2, 0) is 36.8 Å². The van der Waals surface area contributed by atoms with Crippen LogP contribution >= 0.6 is 24.4 Å². The van der Waals surface area contributed by atoms with Crippen LogP contribution < -0.4 is 5.32 Å². The van der Waals surface area contributed by atoms with Crippen LogP contribution in [0, 0.1) is 0 Å². The molecule has 1 aromatic carbocycles. The molecule has 3 amide bonds. The molecule has 9 nitrogen and oxygen atoms in total. The Kier molecular flexibility index (Phi) is 11.4. The first-order valence-electron chi connectivity index (χ1n) is 11.8. The van der Waals surface area contributed by atoms with Gasteiger partial charge in [0.2, 0.25) is 11.8 Å². The van der Waals surface area contributed by atoms with Gasteiger partial charge in [0.15, 0.2) is 0 Å². The number of benzene rings is 1. The van der Waals surface area contributed by atoms with Gasteiger partial charge in [-0.2, -0.15) is 24.4 Å². The first-order valence-corrected chi connectivity index (χ1v) is 13.9. The molecule has 200 valence electrons. The Balaban J connectivity index is 2.28. The summed E-state index contributed by atoms with van der Waals surface area (Å²) >= 11 is 5.77. The maximum absolute atomic E-state index is 13.5. The summed E-state index contributed by atoms with van der Waals surface area (Å²) in [6.45, 7) is 5.43. The zero-order valence-corrected chi connectivity index (χ0v) is 23.3. The van der Waals surface area contributed by atoms with Crippen molar-refractivity contribution in [2.75, 3.05) is 38.0 Å². The van der Waals surface area contributed by atoms with Crippen molar-refractivity contribution in [1.29, 1.82) is 0 Å². The lowest BCUT2D eigenvalue weighted by Crippen LogP contribution is -2.57. The molecular formula is C25H37N3O6S2. The second-order valence-corrected chi connectivity index (χ2v) is 10.9. The number of esters is 1. The van der Waals surface area contributed by atoms with E-state index in [0.717, 1.165) is 11.1 Å². The molecule has 11 heteroatoms. The third kappa shape index (κ3) is 8.62. The summed E-state index contributed by atoms with van der Waals surface area (Å²) in [6.07, 6.45) is 2.00. The molecule has 0 saturated carbocycles. The minimum absolute atomic E-state index is 0.212. The van der Waals surface area contributed by atoms with Gasteiger partial charge in [-0.15, -0.1) is 0 Å². The van der Waals surface area contributed by atoms with E-state index in [9.17, 15) is 19.2 Å². The third-order valence-corrected chi connectivity index (χ3v) is 6.48. The van der Waals surface area contributed by atoms with Gasteiger partial charge in [0.1, 0.15) is 24.2 Å². The first kappa shape index (κ1) is 29.8. The monoisotopic (exact) mass is 539 g/mol. The minimum atomic E-state index is -0.842. The second-order valence-electron chi connectivity index (χ2n) is 9.50. The van der Waals surface area contributed by atoms with Crippen molar-refractivity contribution in [1.82, 2.24) is 15.1 Å². The fourth-order valence-electron chi connectivity index (χ4n) is 3.85. The topological polar surface area (TPSA) is 105 Å². The molecular weight excluding hydrogens is 502 g/mol. The predicted octanol–water partition coefficient (Wildman–Crippen LogP) is 2.52. The summed E-state index contributed by atoms with van der Waals surface area (Å²) in [5, 5.41) is 2.78. The van der Waals surface area contributed by atoms with E-state index < -0.39 is 41.6 Å². The summed E-state index contributed by atoms with van der Waals surface area (Å²) in [6, 6.07) is 5.95. The Bertz CT molecular complexity index is 937. The quantitative estimate of drug-likeness (QED) is 0.348. The van der Waals surface area contributed by atoms with Crippen LogP contribution in [0.25, 0.3) is 0 Å². The van der Waals surface area contributed by atoms with Crippen molar-refractivity contribution >= 4 is 48.3 Å². The van der Waals surface area contributed by atoms with Crippen LogP contribution in [0.1, 0.15) is 38.3 Å². The van der Waals surface area contributed by atoms with Gasteiger partial charge in [-0.05, 0) is 50.3 Å². The highest BCUT2D eigenvalue weighted by molar-refractivity contribution is 7.98. The Hall–Kier alpha value is -2.40. The number of thiol groups is 1. The van der Waals surface area contributed by atoms with Crippen LogP contribution in [0.2, 0.25) is 0 Å². The number of amides is 3. The molecule has 0 spiro atoms. The standard InChI is InChI=1S/C25H37N3O6S2/c1-25(2,3)34-24(32)27(11-12-35)16-21(29)28-15-18-9-7-6-8-17(18)14-20(28)22(30)26-19(10-13-36-5)23(31)33-4/h6-9,19-20,35H,10-16H2,1-5H3,(H,26,30)/t19-,20-/m0/s1. The van der Waals surface area contributed by atoms with E-state index in [4.69, 9.17) is 9.47 Å². The number of hydrogen-bond acceptors (Lipinski definition) is 8. The number of rotatable bonds is 10. The summed E-state index contributed by atoms with van der Waals surface area (Å²) in [7, 11) is 1.28. The molecule has 2 atom stereocenters. The highest BCUT2D eigenvalue weighted by Gasteiger charge is 2.37. The SMILES string of the molecule is COC(=O)[C@H](CCSC)NC(=O)[C@@H]1Cc2ccccc2CN1C(=O)CN(CCS)C(=O)OC(C)(C)C. The van der Waals surface area contributed by atoms with Crippen molar-refractivity contribution in [2.24, 2.45) is 0 Å². The second kappa shape index (κ2) is 13.8. The fraction of sp³-hybridized carbons (Fsp3) is 0.600. The van der Waals surface area contributed by atoms with Crippen LogP contribution in [0.3, 0.4) is 0 Å². The third-order valence-electron chi connectivity index (χ3n) is 5.63. The molecule has 1 aliphatic heterocycles. The number of carbonyl (C=O) groups is 4.